The first-order chi connectivity index (χ1) is 6.83. The van der Waals surface area contributed by atoms with Crippen LogP contribution in [0.15, 0.2) is 0 Å². The van der Waals surface area contributed by atoms with Crippen LogP contribution in [0.5, 0.6) is 0 Å². The Morgan fingerprint density at radius 3 is 2.64 bits per heavy atom. The minimum atomic E-state index is 0.811. The molecule has 0 bridgehead atoms. The fraction of sp³-hybridized carbons (Fsp3) is 1.00. The largest absolute Gasteiger partial charge is 0.330 e. The average Bonchev–Trinajstić information content (AvgIpc) is 2.65. The van der Waals surface area contributed by atoms with Crippen molar-refractivity contribution in [2.45, 2.75) is 57.9 Å². The molecule has 2 heteroatoms. The third-order valence-corrected chi connectivity index (χ3v) is 3.32. The molecular weight excluding hydrogens is 172 g/mol. The van der Waals surface area contributed by atoms with Crippen LogP contribution in [0.4, 0.5) is 0 Å². The van der Waals surface area contributed by atoms with Crippen molar-refractivity contribution in [1.29, 1.82) is 0 Å². The van der Waals surface area contributed by atoms with E-state index in [2.05, 4.69) is 12.2 Å². The van der Waals surface area contributed by atoms with Gasteiger partial charge in [-0.05, 0) is 51.1 Å². The molecule has 0 aliphatic heterocycles. The lowest BCUT2D eigenvalue weighted by Gasteiger charge is -2.13. The lowest BCUT2D eigenvalue weighted by atomic mass is 10.0. The Kier molecular flexibility index (Phi) is 6.20. The number of hydrogen-bond acceptors (Lipinski definition) is 2. The highest BCUT2D eigenvalue weighted by molar-refractivity contribution is 4.73. The second kappa shape index (κ2) is 7.24. The standard InChI is InChI=1S/C12H26N2/c1-11(8-9-13)5-4-10-14-12-6-2-3-7-12/h11-12,14H,2-10,13H2,1H3. The van der Waals surface area contributed by atoms with Gasteiger partial charge < -0.3 is 11.1 Å². The zero-order valence-corrected chi connectivity index (χ0v) is 9.60. The first-order valence-electron chi connectivity index (χ1n) is 6.26. The van der Waals surface area contributed by atoms with E-state index in [1.807, 2.05) is 0 Å². The summed E-state index contributed by atoms with van der Waals surface area (Å²) in [5, 5.41) is 3.65. The summed E-state index contributed by atoms with van der Waals surface area (Å²) in [4.78, 5) is 0. The van der Waals surface area contributed by atoms with Gasteiger partial charge in [-0.25, -0.2) is 0 Å². The summed E-state index contributed by atoms with van der Waals surface area (Å²) >= 11 is 0. The number of nitrogens with two attached hydrogens (primary N) is 1. The summed E-state index contributed by atoms with van der Waals surface area (Å²) in [6.45, 7) is 4.36. The summed E-state index contributed by atoms with van der Waals surface area (Å²) in [5.74, 6) is 0.811. The highest BCUT2D eigenvalue weighted by atomic mass is 14.9. The molecule has 0 radical (unpaired) electrons. The van der Waals surface area contributed by atoms with E-state index in [4.69, 9.17) is 5.73 Å². The van der Waals surface area contributed by atoms with Gasteiger partial charge in [-0.15, -0.1) is 0 Å². The molecule has 1 aliphatic carbocycles. The minimum absolute atomic E-state index is 0.811. The molecule has 1 fully saturated rings. The first kappa shape index (κ1) is 12.0. The van der Waals surface area contributed by atoms with E-state index in [1.165, 1.54) is 51.5 Å². The van der Waals surface area contributed by atoms with Crippen molar-refractivity contribution < 1.29 is 0 Å². The highest BCUT2D eigenvalue weighted by Gasteiger charge is 2.13. The molecule has 0 heterocycles. The Balaban J connectivity index is 1.88. The third-order valence-electron chi connectivity index (χ3n) is 3.32. The molecule has 0 spiro atoms. The fourth-order valence-electron chi connectivity index (χ4n) is 2.32. The molecule has 0 aromatic carbocycles. The van der Waals surface area contributed by atoms with Crippen LogP contribution in [0, 0.1) is 5.92 Å². The smallest absolute Gasteiger partial charge is 0.00670 e. The molecule has 3 N–H and O–H groups in total. The van der Waals surface area contributed by atoms with Crippen LogP contribution in [0.1, 0.15) is 51.9 Å². The van der Waals surface area contributed by atoms with Crippen molar-refractivity contribution in [2.75, 3.05) is 13.1 Å². The Morgan fingerprint density at radius 1 is 1.29 bits per heavy atom. The van der Waals surface area contributed by atoms with Crippen LogP contribution < -0.4 is 11.1 Å². The van der Waals surface area contributed by atoms with E-state index in [9.17, 15) is 0 Å². The molecule has 1 unspecified atom stereocenters. The number of nitrogens with one attached hydrogen (secondary N) is 1. The molecular formula is C12H26N2. The Hall–Kier alpha value is -0.0800. The van der Waals surface area contributed by atoms with Crippen LogP contribution in [-0.4, -0.2) is 19.1 Å². The molecule has 0 saturated heterocycles. The molecule has 1 rings (SSSR count). The van der Waals surface area contributed by atoms with Gasteiger partial charge in [0.25, 0.3) is 0 Å². The molecule has 1 atom stereocenters. The summed E-state index contributed by atoms with van der Waals surface area (Å²) in [5.41, 5.74) is 5.52. The maximum Gasteiger partial charge on any atom is 0.00670 e. The lowest BCUT2D eigenvalue weighted by Crippen LogP contribution is -2.27. The molecule has 0 aromatic rings. The average molecular weight is 198 g/mol. The summed E-state index contributed by atoms with van der Waals surface area (Å²) in [6.07, 6.45) is 9.50. The van der Waals surface area contributed by atoms with E-state index < -0.39 is 0 Å². The Labute approximate surface area is 88.6 Å². The van der Waals surface area contributed by atoms with E-state index in [0.29, 0.717) is 0 Å². The summed E-state index contributed by atoms with van der Waals surface area (Å²) in [7, 11) is 0. The third kappa shape index (κ3) is 4.97. The van der Waals surface area contributed by atoms with Crippen LogP contribution >= 0.6 is 0 Å². The maximum atomic E-state index is 5.52. The maximum absolute atomic E-state index is 5.52. The van der Waals surface area contributed by atoms with Crippen molar-refractivity contribution in [3.8, 4) is 0 Å². The van der Waals surface area contributed by atoms with E-state index in [-0.39, 0.29) is 0 Å². The van der Waals surface area contributed by atoms with Gasteiger partial charge in [-0.3, -0.25) is 0 Å². The molecule has 14 heavy (non-hydrogen) atoms. The van der Waals surface area contributed by atoms with Gasteiger partial charge in [0.15, 0.2) is 0 Å². The zero-order chi connectivity index (χ0) is 10.2. The van der Waals surface area contributed by atoms with Crippen molar-refractivity contribution >= 4 is 0 Å². The van der Waals surface area contributed by atoms with Crippen molar-refractivity contribution in [3.63, 3.8) is 0 Å². The van der Waals surface area contributed by atoms with Crippen LogP contribution in [0.3, 0.4) is 0 Å². The van der Waals surface area contributed by atoms with E-state index in [0.717, 1.165) is 18.5 Å². The van der Waals surface area contributed by atoms with Gasteiger partial charge in [0, 0.05) is 6.04 Å². The Morgan fingerprint density at radius 2 is 2.00 bits per heavy atom. The van der Waals surface area contributed by atoms with Gasteiger partial charge >= 0.3 is 0 Å². The fourth-order valence-corrected chi connectivity index (χ4v) is 2.32. The number of rotatable bonds is 7. The number of hydrogen-bond donors (Lipinski definition) is 2. The zero-order valence-electron chi connectivity index (χ0n) is 9.60. The van der Waals surface area contributed by atoms with E-state index >= 15 is 0 Å². The Bertz CT molecular complexity index is 130. The van der Waals surface area contributed by atoms with Gasteiger partial charge in [-0.1, -0.05) is 19.8 Å². The monoisotopic (exact) mass is 198 g/mol. The molecule has 2 nitrogen and oxygen atoms in total. The van der Waals surface area contributed by atoms with Crippen molar-refractivity contribution in [1.82, 2.24) is 5.32 Å². The van der Waals surface area contributed by atoms with Crippen LogP contribution in [-0.2, 0) is 0 Å². The molecule has 1 aliphatic rings. The second-order valence-corrected chi connectivity index (χ2v) is 4.76. The van der Waals surface area contributed by atoms with Crippen LogP contribution in [0.25, 0.3) is 0 Å². The topological polar surface area (TPSA) is 38.0 Å². The summed E-state index contributed by atoms with van der Waals surface area (Å²) in [6, 6.07) is 0.833. The van der Waals surface area contributed by atoms with Crippen molar-refractivity contribution in [2.24, 2.45) is 11.7 Å². The molecule has 0 amide bonds. The molecule has 0 aromatic heterocycles. The molecule has 84 valence electrons. The lowest BCUT2D eigenvalue weighted by molar-refractivity contribution is 0.446. The minimum Gasteiger partial charge on any atom is -0.330 e. The van der Waals surface area contributed by atoms with Gasteiger partial charge in [0.2, 0.25) is 0 Å². The first-order valence-corrected chi connectivity index (χ1v) is 6.26. The normalized spacial score (nSPS) is 20.1. The predicted molar refractivity (Wildman–Crippen MR) is 62.3 cm³/mol. The summed E-state index contributed by atoms with van der Waals surface area (Å²) < 4.78 is 0. The second-order valence-electron chi connectivity index (χ2n) is 4.76. The van der Waals surface area contributed by atoms with Gasteiger partial charge in [-0.2, -0.15) is 0 Å². The molecule has 1 saturated carbocycles. The van der Waals surface area contributed by atoms with Gasteiger partial charge in [0.1, 0.15) is 0 Å². The van der Waals surface area contributed by atoms with E-state index in [1.54, 1.807) is 0 Å². The van der Waals surface area contributed by atoms with Crippen LogP contribution in [0.2, 0.25) is 0 Å². The predicted octanol–water partition coefficient (Wildman–Crippen LogP) is 2.28. The van der Waals surface area contributed by atoms with Gasteiger partial charge in [0.05, 0.1) is 0 Å². The highest BCUT2D eigenvalue weighted by Crippen LogP contribution is 2.17. The quantitative estimate of drug-likeness (QED) is 0.616. The van der Waals surface area contributed by atoms with Crippen molar-refractivity contribution in [3.05, 3.63) is 0 Å². The SMILES string of the molecule is CC(CCN)CCCNC1CCCC1.